The Labute approximate surface area is 261 Å². The molecular weight excluding hydrogens is 647 g/mol. The molecule has 0 aliphatic heterocycles. The number of benzene rings is 4. The van der Waals surface area contributed by atoms with Gasteiger partial charge in [-0.2, -0.15) is 0 Å². The van der Waals surface area contributed by atoms with E-state index < -0.39 is 20.4 Å². The molecule has 6 rings (SSSR count). The predicted octanol–water partition coefficient (Wildman–Crippen LogP) is 11.6. The van der Waals surface area contributed by atoms with Crippen LogP contribution in [-0.4, -0.2) is 5.43 Å². The van der Waals surface area contributed by atoms with Crippen molar-refractivity contribution in [3.05, 3.63) is 118 Å². The fraction of sp³-hybridized carbons (Fsp3) is 0.368. The first kappa shape index (κ1) is 30.6. The molecule has 0 aromatic heterocycles. The van der Waals surface area contributed by atoms with E-state index in [-0.39, 0.29) is 6.25 Å². The molecule has 2 unspecified atom stereocenters. The Kier molecular flexibility index (Phi) is 7.91. The Balaban J connectivity index is 1.43. The van der Waals surface area contributed by atoms with Crippen molar-refractivity contribution in [1.29, 1.82) is 0 Å². The third-order valence-corrected chi connectivity index (χ3v) is 69.4. The molecule has 0 saturated carbocycles. The van der Waals surface area contributed by atoms with Crippen LogP contribution in [0.1, 0.15) is 61.1 Å². The quantitative estimate of drug-likeness (QED) is 0.177. The molecule has 2 atom stereocenters. The molecule has 42 heavy (non-hydrogen) atoms. The summed E-state index contributed by atoms with van der Waals surface area (Å²) in [5, 5.41) is 0. The van der Waals surface area contributed by atoms with E-state index in [1.807, 2.05) is 0 Å². The molecule has 0 radical (unpaired) electrons. The minimum absolute atomic E-state index is 0.0935. The first-order valence-electron chi connectivity index (χ1n) is 15.7. The monoisotopic (exact) mass is 688 g/mol. The summed E-state index contributed by atoms with van der Waals surface area (Å²) in [4.78, 5) is 0. The van der Waals surface area contributed by atoms with E-state index in [9.17, 15) is 0 Å². The fourth-order valence-electron chi connectivity index (χ4n) is 8.70. The van der Waals surface area contributed by atoms with E-state index in [4.69, 9.17) is 17.0 Å². The Morgan fingerprint density at radius 1 is 0.595 bits per heavy atom. The SMILES string of the molecule is CCc1ccc(-c2cccc3c2C[C](C)([Zr]([Cl])([Cl])(=[Si](C)C)[C]2(C)Cc4cccc(-c5ccc(CC)cc5)c4C2)C3)cc1. The van der Waals surface area contributed by atoms with Gasteiger partial charge in [0.15, 0.2) is 0 Å². The zero-order valence-corrected chi connectivity index (χ0v) is 31.1. The molecule has 2 aliphatic rings. The summed E-state index contributed by atoms with van der Waals surface area (Å²) < 4.78 is -0.187. The van der Waals surface area contributed by atoms with E-state index in [2.05, 4.69) is 126 Å². The number of rotatable bonds is 6. The molecule has 0 amide bonds. The van der Waals surface area contributed by atoms with E-state index in [1.54, 1.807) is 0 Å². The summed E-state index contributed by atoms with van der Waals surface area (Å²) >= 11 is -4.60. The maximum absolute atomic E-state index is 8.50. The van der Waals surface area contributed by atoms with Gasteiger partial charge in [0.25, 0.3) is 0 Å². The van der Waals surface area contributed by atoms with Crippen LogP contribution in [0.15, 0.2) is 84.9 Å². The zero-order chi connectivity index (χ0) is 29.9. The first-order chi connectivity index (χ1) is 19.9. The first-order valence-corrected chi connectivity index (χ1v) is 30.7. The Morgan fingerprint density at radius 2 is 0.976 bits per heavy atom. The average Bonchev–Trinajstić information content (AvgIpc) is 3.55. The van der Waals surface area contributed by atoms with Gasteiger partial charge in [-0.05, 0) is 0 Å². The van der Waals surface area contributed by atoms with Crippen molar-refractivity contribution in [3.63, 3.8) is 0 Å². The standard InChI is InChI=1S/2C18H19.C2H6Si.2ClH.Zr/c2*1-3-14-7-9-15(10-8-14)17-6-4-5-16-11-13(2)12-18(16)17;1-3-2;;;/h2*4-10H,3,11-12H2,1-2H3;1-2H3;2*1H;/q;;;;;+2/p-2. The van der Waals surface area contributed by atoms with Gasteiger partial charge in [0, 0.05) is 0 Å². The summed E-state index contributed by atoms with van der Waals surface area (Å²) in [6.07, 6.45) is 6.08. The summed E-state index contributed by atoms with van der Waals surface area (Å²) in [6, 6.07) is 32.1. The van der Waals surface area contributed by atoms with Crippen molar-refractivity contribution in [2.24, 2.45) is 0 Å². The van der Waals surface area contributed by atoms with Crippen LogP contribution in [0.25, 0.3) is 22.3 Å². The van der Waals surface area contributed by atoms with Crippen molar-refractivity contribution in [3.8, 4) is 22.3 Å². The van der Waals surface area contributed by atoms with Gasteiger partial charge in [0.2, 0.25) is 0 Å². The molecule has 4 heteroatoms. The van der Waals surface area contributed by atoms with Gasteiger partial charge in [0.05, 0.1) is 0 Å². The van der Waals surface area contributed by atoms with E-state index in [1.165, 1.54) is 55.6 Å². The molecule has 0 fully saturated rings. The van der Waals surface area contributed by atoms with Gasteiger partial charge >= 0.3 is 264 Å². The molecule has 0 nitrogen and oxygen atoms in total. The van der Waals surface area contributed by atoms with Gasteiger partial charge < -0.3 is 0 Å². The molecule has 0 spiro atoms. The van der Waals surface area contributed by atoms with Crippen LogP contribution in [-0.2, 0) is 53.5 Å². The Hall–Kier alpha value is -1.44. The van der Waals surface area contributed by atoms with E-state index >= 15 is 0 Å². The topological polar surface area (TPSA) is 0 Å². The molecule has 0 bridgehead atoms. The number of aryl methyl sites for hydroxylation is 2. The summed E-state index contributed by atoms with van der Waals surface area (Å²) in [7, 11) is 17.0. The molecule has 0 saturated heterocycles. The normalized spacial score (nSPS) is 21.7. The predicted molar refractivity (Wildman–Crippen MR) is 183 cm³/mol. The Morgan fingerprint density at radius 3 is 1.31 bits per heavy atom. The third-order valence-electron chi connectivity index (χ3n) is 11.2. The van der Waals surface area contributed by atoms with Crippen LogP contribution >= 0.6 is 17.0 Å². The summed E-state index contributed by atoms with van der Waals surface area (Å²) in [5.41, 5.74) is 13.0. The van der Waals surface area contributed by atoms with Gasteiger partial charge in [-0.15, -0.1) is 0 Å². The van der Waals surface area contributed by atoms with Gasteiger partial charge in [0.1, 0.15) is 0 Å². The second kappa shape index (κ2) is 10.9. The maximum atomic E-state index is 8.50. The number of hydrogen-bond donors (Lipinski definition) is 0. The van der Waals surface area contributed by atoms with Crippen molar-refractivity contribution < 1.29 is 15.0 Å². The third kappa shape index (κ3) is 4.45. The number of fused-ring (bicyclic) bond motifs is 2. The van der Waals surface area contributed by atoms with Crippen LogP contribution in [0.5, 0.6) is 0 Å². The number of hydrogen-bond acceptors (Lipinski definition) is 0. The van der Waals surface area contributed by atoms with Gasteiger partial charge in [-0.3, -0.25) is 0 Å². The van der Waals surface area contributed by atoms with Crippen LogP contribution in [0.3, 0.4) is 0 Å². The van der Waals surface area contributed by atoms with Crippen molar-refractivity contribution in [2.75, 3.05) is 0 Å². The van der Waals surface area contributed by atoms with E-state index in [0.717, 1.165) is 38.5 Å². The van der Waals surface area contributed by atoms with Crippen LogP contribution in [0.2, 0.25) is 19.3 Å². The average molecular weight is 691 g/mol. The molecule has 0 heterocycles. The summed E-state index contributed by atoms with van der Waals surface area (Å²) in [5.74, 6) is 0. The van der Waals surface area contributed by atoms with Crippen molar-refractivity contribution in [2.45, 2.75) is 85.6 Å². The molecule has 2 aliphatic carbocycles. The van der Waals surface area contributed by atoms with Crippen molar-refractivity contribution >= 4 is 22.5 Å². The molecule has 4 aromatic rings. The number of halogens is 2. The van der Waals surface area contributed by atoms with E-state index in [0.29, 0.717) is 0 Å². The molecule has 4 aromatic carbocycles. The zero-order valence-electron chi connectivity index (χ0n) is 26.1. The van der Waals surface area contributed by atoms with Gasteiger partial charge in [-0.1, -0.05) is 0 Å². The van der Waals surface area contributed by atoms with Crippen LogP contribution < -0.4 is 0 Å². The molecule has 0 N–H and O–H groups in total. The van der Waals surface area contributed by atoms with Crippen molar-refractivity contribution in [1.82, 2.24) is 0 Å². The molecule has 218 valence electrons. The fourth-order valence-corrected chi connectivity index (χ4v) is 42.6. The molecular formula is C38H44Cl2SiZr. The van der Waals surface area contributed by atoms with Crippen LogP contribution in [0.4, 0.5) is 0 Å². The van der Waals surface area contributed by atoms with Gasteiger partial charge in [-0.25, -0.2) is 0 Å². The second-order valence-electron chi connectivity index (χ2n) is 13.8. The Bertz CT molecular complexity index is 1620. The van der Waals surface area contributed by atoms with Crippen LogP contribution in [0, 0.1) is 0 Å². The minimum atomic E-state index is -4.60. The summed E-state index contributed by atoms with van der Waals surface area (Å²) in [6.45, 7) is 14.3. The second-order valence-corrected chi connectivity index (χ2v) is 53.9.